The molecule has 0 bridgehead atoms. The van der Waals surface area contributed by atoms with Crippen LogP contribution in [0.2, 0.25) is 10.0 Å². The van der Waals surface area contributed by atoms with Crippen LogP contribution in [0, 0.1) is 11.6 Å². The number of benzene rings is 2. The highest BCUT2D eigenvalue weighted by molar-refractivity contribution is 6.34. The number of carbonyl (C=O) groups is 1. The summed E-state index contributed by atoms with van der Waals surface area (Å²) in [7, 11) is 0. The molecule has 0 spiro atoms. The van der Waals surface area contributed by atoms with Gasteiger partial charge in [0.1, 0.15) is 17.4 Å². The summed E-state index contributed by atoms with van der Waals surface area (Å²) in [5.74, 6) is -2.00. The highest BCUT2D eigenvalue weighted by atomic mass is 35.5. The number of halogens is 4. The molecule has 104 valence electrons. The standard InChI is InChI=1S/C14H8Cl2F2O2/c15-8-1-3-11(16)14(5-8)20-7-13(19)10-6-9(17)2-4-12(10)18/h1-6H,7H2. The zero-order valence-electron chi connectivity index (χ0n) is 10.00. The normalized spacial score (nSPS) is 10.4. The van der Waals surface area contributed by atoms with Gasteiger partial charge in [-0.3, -0.25) is 4.79 Å². The van der Waals surface area contributed by atoms with Gasteiger partial charge in [0.05, 0.1) is 10.6 Å². The summed E-state index contributed by atoms with van der Waals surface area (Å²) < 4.78 is 31.6. The number of hydrogen-bond donors (Lipinski definition) is 0. The molecule has 6 heteroatoms. The molecular formula is C14H8Cl2F2O2. The molecule has 0 aliphatic heterocycles. The quantitative estimate of drug-likeness (QED) is 0.774. The molecule has 2 aromatic rings. The molecule has 0 aliphatic rings. The molecule has 2 aromatic carbocycles. The van der Waals surface area contributed by atoms with Gasteiger partial charge in [0, 0.05) is 11.1 Å². The minimum atomic E-state index is -0.808. The second kappa shape index (κ2) is 6.20. The molecule has 0 aliphatic carbocycles. The van der Waals surface area contributed by atoms with Gasteiger partial charge in [-0.1, -0.05) is 23.2 Å². The summed E-state index contributed by atoms with van der Waals surface area (Å²) in [5.41, 5.74) is -0.372. The molecule has 0 radical (unpaired) electrons. The third-order valence-corrected chi connectivity index (χ3v) is 3.03. The Kier molecular flexibility index (Phi) is 4.57. The Morgan fingerprint density at radius 2 is 1.85 bits per heavy atom. The molecule has 0 N–H and O–H groups in total. The lowest BCUT2D eigenvalue weighted by Gasteiger charge is -2.08. The van der Waals surface area contributed by atoms with E-state index in [2.05, 4.69) is 0 Å². The fourth-order valence-electron chi connectivity index (χ4n) is 1.52. The van der Waals surface area contributed by atoms with Gasteiger partial charge in [0.25, 0.3) is 0 Å². The molecule has 0 atom stereocenters. The fraction of sp³-hybridized carbons (Fsp3) is 0.0714. The molecule has 20 heavy (non-hydrogen) atoms. The van der Waals surface area contributed by atoms with Gasteiger partial charge >= 0.3 is 0 Å². The van der Waals surface area contributed by atoms with E-state index in [1.54, 1.807) is 6.07 Å². The first kappa shape index (κ1) is 14.8. The fourth-order valence-corrected chi connectivity index (χ4v) is 1.85. The molecule has 0 heterocycles. The Morgan fingerprint density at radius 3 is 2.60 bits per heavy atom. The van der Waals surface area contributed by atoms with E-state index in [9.17, 15) is 13.6 Å². The van der Waals surface area contributed by atoms with Crippen molar-refractivity contribution < 1.29 is 18.3 Å². The topological polar surface area (TPSA) is 26.3 Å². The van der Waals surface area contributed by atoms with Crippen molar-refractivity contribution in [1.29, 1.82) is 0 Å². The zero-order valence-corrected chi connectivity index (χ0v) is 11.5. The maximum Gasteiger partial charge on any atom is 0.203 e. The van der Waals surface area contributed by atoms with Crippen molar-refractivity contribution in [1.82, 2.24) is 0 Å². The van der Waals surface area contributed by atoms with E-state index < -0.39 is 24.0 Å². The van der Waals surface area contributed by atoms with Crippen LogP contribution in [0.4, 0.5) is 8.78 Å². The lowest BCUT2D eigenvalue weighted by molar-refractivity contribution is 0.0917. The first-order valence-corrected chi connectivity index (χ1v) is 6.29. The Labute approximate surface area is 123 Å². The van der Waals surface area contributed by atoms with Gasteiger partial charge in [-0.25, -0.2) is 8.78 Å². The summed E-state index contributed by atoms with van der Waals surface area (Å²) in [6, 6.07) is 7.13. The number of ether oxygens (including phenoxy) is 1. The van der Waals surface area contributed by atoms with Crippen LogP contribution in [0.15, 0.2) is 36.4 Å². The predicted molar refractivity (Wildman–Crippen MR) is 72.6 cm³/mol. The summed E-state index contributed by atoms with van der Waals surface area (Å²) in [6.07, 6.45) is 0. The summed E-state index contributed by atoms with van der Waals surface area (Å²) in [4.78, 5) is 11.8. The maximum absolute atomic E-state index is 13.4. The smallest absolute Gasteiger partial charge is 0.203 e. The first-order valence-electron chi connectivity index (χ1n) is 5.53. The summed E-state index contributed by atoms with van der Waals surface area (Å²) in [6.45, 7) is -0.472. The van der Waals surface area contributed by atoms with Gasteiger partial charge in [0.15, 0.2) is 6.61 Å². The van der Waals surface area contributed by atoms with Crippen molar-refractivity contribution in [2.24, 2.45) is 0 Å². The van der Waals surface area contributed by atoms with E-state index in [0.29, 0.717) is 5.02 Å². The average molecular weight is 317 g/mol. The Morgan fingerprint density at radius 1 is 1.10 bits per heavy atom. The monoisotopic (exact) mass is 316 g/mol. The number of carbonyl (C=O) groups excluding carboxylic acids is 1. The first-order chi connectivity index (χ1) is 9.47. The van der Waals surface area contributed by atoms with Crippen LogP contribution in [-0.4, -0.2) is 12.4 Å². The highest BCUT2D eigenvalue weighted by Crippen LogP contribution is 2.27. The molecule has 2 rings (SSSR count). The van der Waals surface area contributed by atoms with Crippen molar-refractivity contribution in [3.05, 3.63) is 63.6 Å². The maximum atomic E-state index is 13.4. The van der Waals surface area contributed by atoms with Gasteiger partial charge in [-0.05, 0) is 30.3 Å². The van der Waals surface area contributed by atoms with Crippen LogP contribution in [0.5, 0.6) is 5.75 Å². The SMILES string of the molecule is O=C(COc1cc(Cl)ccc1Cl)c1cc(F)ccc1F. The lowest BCUT2D eigenvalue weighted by atomic mass is 10.1. The summed E-state index contributed by atoms with van der Waals surface area (Å²) in [5, 5.41) is 0.649. The van der Waals surface area contributed by atoms with Crippen LogP contribution < -0.4 is 4.74 Å². The van der Waals surface area contributed by atoms with E-state index in [1.165, 1.54) is 12.1 Å². The van der Waals surface area contributed by atoms with E-state index in [1.807, 2.05) is 0 Å². The van der Waals surface area contributed by atoms with Gasteiger partial charge in [-0.15, -0.1) is 0 Å². The van der Waals surface area contributed by atoms with Crippen molar-refractivity contribution in [2.75, 3.05) is 6.61 Å². The Hall–Kier alpha value is -1.65. The number of rotatable bonds is 4. The zero-order chi connectivity index (χ0) is 14.7. The molecule has 0 amide bonds. The molecular weight excluding hydrogens is 309 g/mol. The minimum absolute atomic E-state index is 0.198. The van der Waals surface area contributed by atoms with E-state index in [0.717, 1.165) is 18.2 Å². The van der Waals surface area contributed by atoms with Crippen molar-refractivity contribution in [3.63, 3.8) is 0 Å². The number of hydrogen-bond acceptors (Lipinski definition) is 2. The molecule has 2 nitrogen and oxygen atoms in total. The third-order valence-electron chi connectivity index (χ3n) is 2.48. The largest absolute Gasteiger partial charge is 0.484 e. The molecule has 0 saturated carbocycles. The van der Waals surface area contributed by atoms with E-state index in [4.69, 9.17) is 27.9 Å². The summed E-state index contributed by atoms with van der Waals surface area (Å²) >= 11 is 11.6. The number of ketones is 1. The molecule has 0 unspecified atom stereocenters. The predicted octanol–water partition coefficient (Wildman–Crippen LogP) is 4.53. The Bertz CT molecular complexity index is 660. The molecule has 0 saturated heterocycles. The minimum Gasteiger partial charge on any atom is -0.484 e. The average Bonchev–Trinajstić information content (AvgIpc) is 2.42. The van der Waals surface area contributed by atoms with Crippen LogP contribution in [0.1, 0.15) is 10.4 Å². The third kappa shape index (κ3) is 3.46. The Balaban J connectivity index is 2.12. The second-order valence-electron chi connectivity index (χ2n) is 3.91. The van der Waals surface area contributed by atoms with Gasteiger partial charge in [-0.2, -0.15) is 0 Å². The van der Waals surface area contributed by atoms with Crippen LogP contribution in [0.3, 0.4) is 0 Å². The van der Waals surface area contributed by atoms with Crippen molar-refractivity contribution >= 4 is 29.0 Å². The molecule has 0 aromatic heterocycles. The van der Waals surface area contributed by atoms with Crippen molar-refractivity contribution in [3.8, 4) is 5.75 Å². The van der Waals surface area contributed by atoms with Crippen molar-refractivity contribution in [2.45, 2.75) is 0 Å². The molecule has 0 fully saturated rings. The van der Waals surface area contributed by atoms with Crippen LogP contribution in [0.25, 0.3) is 0 Å². The van der Waals surface area contributed by atoms with Gasteiger partial charge in [0.2, 0.25) is 5.78 Å². The highest BCUT2D eigenvalue weighted by Gasteiger charge is 2.14. The van der Waals surface area contributed by atoms with Gasteiger partial charge < -0.3 is 4.74 Å². The van der Waals surface area contributed by atoms with Crippen LogP contribution in [-0.2, 0) is 0 Å². The lowest BCUT2D eigenvalue weighted by Crippen LogP contribution is -2.13. The van der Waals surface area contributed by atoms with E-state index >= 15 is 0 Å². The number of Topliss-reactive ketones (excluding diaryl/α,β-unsaturated/α-hetero) is 1. The van der Waals surface area contributed by atoms with Crippen LogP contribution >= 0.6 is 23.2 Å². The van der Waals surface area contributed by atoms with E-state index in [-0.39, 0.29) is 16.3 Å². The second-order valence-corrected chi connectivity index (χ2v) is 4.75.